The lowest BCUT2D eigenvalue weighted by Gasteiger charge is -2.34. The third kappa shape index (κ3) is 4.43. The van der Waals surface area contributed by atoms with E-state index in [0.717, 1.165) is 19.3 Å². The van der Waals surface area contributed by atoms with E-state index >= 15 is 0 Å². The molecule has 0 atom stereocenters. The van der Waals surface area contributed by atoms with Gasteiger partial charge in [-0.3, -0.25) is 14.9 Å². The second-order valence-electron chi connectivity index (χ2n) is 5.98. The van der Waals surface area contributed by atoms with E-state index in [1.807, 2.05) is 16.3 Å². The molecule has 0 bridgehead atoms. The quantitative estimate of drug-likeness (QED) is 0.584. The second-order valence-corrected chi connectivity index (χ2v) is 7.01. The van der Waals surface area contributed by atoms with Crippen LogP contribution in [0.1, 0.15) is 28.1 Å². The van der Waals surface area contributed by atoms with Crippen LogP contribution in [0.2, 0.25) is 0 Å². The lowest BCUT2D eigenvalue weighted by molar-refractivity contribution is -0.384. The number of amides is 1. The highest BCUT2D eigenvalue weighted by Crippen LogP contribution is 2.21. The van der Waals surface area contributed by atoms with Crippen molar-refractivity contribution in [3.63, 3.8) is 0 Å². The van der Waals surface area contributed by atoms with Gasteiger partial charge in [0.05, 0.1) is 4.92 Å². The van der Waals surface area contributed by atoms with Gasteiger partial charge in [0, 0.05) is 48.4 Å². The Labute approximate surface area is 150 Å². The topological polar surface area (TPSA) is 72.7 Å². The number of thiophene rings is 1. The highest BCUT2D eigenvalue weighted by atomic mass is 32.1. The molecule has 1 aromatic carbocycles. The molecule has 132 valence electrons. The lowest BCUT2D eigenvalue weighted by Crippen LogP contribution is -2.44. The molecule has 1 saturated heterocycles. The first-order valence-electron chi connectivity index (χ1n) is 8.30. The molecule has 2 aromatic rings. The number of non-ortho nitro benzene ring substituents is 1. The summed E-state index contributed by atoms with van der Waals surface area (Å²) in [7, 11) is 0. The maximum atomic E-state index is 13.0. The normalized spacial score (nSPS) is 15.0. The Morgan fingerprint density at radius 2 is 1.96 bits per heavy atom. The number of hydrogen-bond donors (Lipinski definition) is 0. The van der Waals surface area contributed by atoms with Gasteiger partial charge in [0.2, 0.25) is 0 Å². The van der Waals surface area contributed by atoms with Gasteiger partial charge in [-0.2, -0.15) is 0 Å². The van der Waals surface area contributed by atoms with E-state index in [1.54, 1.807) is 11.3 Å². The molecule has 0 radical (unpaired) electrons. The number of nitro benzene ring substituents is 1. The summed E-state index contributed by atoms with van der Waals surface area (Å²) in [5, 5.41) is 12.8. The summed E-state index contributed by atoms with van der Waals surface area (Å²) in [6, 6.07) is 10.1. The number of hydrogen-bond acceptors (Lipinski definition) is 5. The second kappa shape index (κ2) is 8.22. The van der Waals surface area contributed by atoms with Crippen LogP contribution in [0.4, 0.5) is 5.69 Å². The molecule has 0 N–H and O–H groups in total. The van der Waals surface area contributed by atoms with Crippen molar-refractivity contribution in [3.8, 4) is 0 Å². The largest absolute Gasteiger partial charge is 0.381 e. The molecule has 2 heterocycles. The fourth-order valence-corrected chi connectivity index (χ4v) is 3.72. The van der Waals surface area contributed by atoms with Crippen LogP contribution < -0.4 is 0 Å². The Balaban J connectivity index is 1.76. The standard InChI is InChI=1S/C18H20N2O4S/c21-18(14-3-5-16(6-4-14)20(22)23)19(15-8-11-24-12-9-15)10-7-17-2-1-13-25-17/h1-6,13,15H,7-12H2. The van der Waals surface area contributed by atoms with Gasteiger partial charge in [-0.05, 0) is 42.8 Å². The number of benzene rings is 1. The molecular formula is C18H20N2O4S. The molecule has 0 unspecified atom stereocenters. The number of nitrogens with zero attached hydrogens (tertiary/aromatic N) is 2. The maximum absolute atomic E-state index is 13.0. The number of ether oxygens (including phenoxy) is 1. The van der Waals surface area contributed by atoms with E-state index in [0.29, 0.717) is 25.3 Å². The summed E-state index contributed by atoms with van der Waals surface area (Å²) >= 11 is 1.69. The Morgan fingerprint density at radius 1 is 1.24 bits per heavy atom. The number of nitro groups is 1. The van der Waals surface area contributed by atoms with Crippen LogP contribution in [0.3, 0.4) is 0 Å². The number of carbonyl (C=O) groups excluding carboxylic acids is 1. The summed E-state index contributed by atoms with van der Waals surface area (Å²) < 4.78 is 5.42. The summed E-state index contributed by atoms with van der Waals surface area (Å²) in [5.41, 5.74) is 0.482. The van der Waals surface area contributed by atoms with Gasteiger partial charge in [0.1, 0.15) is 0 Å². The predicted octanol–water partition coefficient (Wildman–Crippen LogP) is 3.52. The van der Waals surface area contributed by atoms with Crippen molar-refractivity contribution in [2.75, 3.05) is 19.8 Å². The van der Waals surface area contributed by atoms with Crippen molar-refractivity contribution in [2.24, 2.45) is 0 Å². The fourth-order valence-electron chi connectivity index (χ4n) is 3.02. The Morgan fingerprint density at radius 3 is 2.56 bits per heavy atom. The third-order valence-corrected chi connectivity index (χ3v) is 5.33. The first-order chi connectivity index (χ1) is 12.1. The summed E-state index contributed by atoms with van der Waals surface area (Å²) in [5.74, 6) is -0.0710. The van der Waals surface area contributed by atoms with E-state index in [9.17, 15) is 14.9 Å². The van der Waals surface area contributed by atoms with Crippen LogP contribution in [-0.4, -0.2) is 41.5 Å². The van der Waals surface area contributed by atoms with Gasteiger partial charge in [0.25, 0.3) is 11.6 Å². The Bertz CT molecular complexity index is 709. The lowest BCUT2D eigenvalue weighted by atomic mass is 10.0. The third-order valence-electron chi connectivity index (χ3n) is 4.40. The van der Waals surface area contributed by atoms with Gasteiger partial charge in [-0.1, -0.05) is 6.07 Å². The van der Waals surface area contributed by atoms with Crippen molar-refractivity contribution < 1.29 is 14.5 Å². The van der Waals surface area contributed by atoms with Crippen molar-refractivity contribution in [1.82, 2.24) is 4.90 Å². The van der Waals surface area contributed by atoms with Gasteiger partial charge in [-0.15, -0.1) is 11.3 Å². The minimum Gasteiger partial charge on any atom is -0.381 e. The van der Waals surface area contributed by atoms with E-state index < -0.39 is 4.92 Å². The average molecular weight is 360 g/mol. The minimum atomic E-state index is -0.457. The molecule has 1 aliphatic heterocycles. The zero-order valence-corrected chi connectivity index (χ0v) is 14.6. The van der Waals surface area contributed by atoms with Crippen molar-refractivity contribution in [3.05, 3.63) is 62.3 Å². The predicted molar refractivity (Wildman–Crippen MR) is 96.0 cm³/mol. The maximum Gasteiger partial charge on any atom is 0.269 e. The fraction of sp³-hybridized carbons (Fsp3) is 0.389. The molecule has 1 fully saturated rings. The molecule has 7 heteroatoms. The molecule has 25 heavy (non-hydrogen) atoms. The molecule has 0 saturated carbocycles. The monoisotopic (exact) mass is 360 g/mol. The van der Waals surface area contributed by atoms with Crippen molar-refractivity contribution in [2.45, 2.75) is 25.3 Å². The average Bonchev–Trinajstić information content (AvgIpc) is 3.16. The van der Waals surface area contributed by atoms with Crippen molar-refractivity contribution >= 4 is 22.9 Å². The highest BCUT2D eigenvalue weighted by Gasteiger charge is 2.26. The van der Waals surface area contributed by atoms with Crippen LogP contribution in [0, 0.1) is 10.1 Å². The molecule has 0 aliphatic carbocycles. The molecule has 1 aliphatic rings. The van der Waals surface area contributed by atoms with E-state index in [-0.39, 0.29) is 17.6 Å². The van der Waals surface area contributed by atoms with Gasteiger partial charge in [0.15, 0.2) is 0 Å². The van der Waals surface area contributed by atoms with Crippen LogP contribution in [0.5, 0.6) is 0 Å². The smallest absolute Gasteiger partial charge is 0.269 e. The van der Waals surface area contributed by atoms with Crippen LogP contribution in [-0.2, 0) is 11.2 Å². The molecule has 1 amide bonds. The SMILES string of the molecule is O=C(c1ccc([N+](=O)[O-])cc1)N(CCc1cccs1)C1CCOCC1. The van der Waals surface area contributed by atoms with E-state index in [1.165, 1.54) is 29.1 Å². The minimum absolute atomic E-state index is 0.00671. The van der Waals surface area contributed by atoms with Crippen LogP contribution >= 0.6 is 11.3 Å². The van der Waals surface area contributed by atoms with Crippen LogP contribution in [0.15, 0.2) is 41.8 Å². The Kier molecular flexibility index (Phi) is 5.78. The van der Waals surface area contributed by atoms with Gasteiger partial charge < -0.3 is 9.64 Å². The van der Waals surface area contributed by atoms with Gasteiger partial charge in [-0.25, -0.2) is 0 Å². The zero-order valence-electron chi connectivity index (χ0n) is 13.8. The van der Waals surface area contributed by atoms with Crippen molar-refractivity contribution in [1.29, 1.82) is 0 Å². The molecule has 6 nitrogen and oxygen atoms in total. The number of rotatable bonds is 6. The van der Waals surface area contributed by atoms with E-state index in [2.05, 4.69) is 6.07 Å². The highest BCUT2D eigenvalue weighted by molar-refractivity contribution is 7.09. The van der Waals surface area contributed by atoms with Crippen LogP contribution in [0.25, 0.3) is 0 Å². The Hall–Kier alpha value is -2.25. The molecule has 0 spiro atoms. The molecule has 1 aromatic heterocycles. The first-order valence-corrected chi connectivity index (χ1v) is 9.18. The van der Waals surface area contributed by atoms with Gasteiger partial charge >= 0.3 is 0 Å². The van der Waals surface area contributed by atoms with E-state index in [4.69, 9.17) is 4.74 Å². The molecular weight excluding hydrogens is 340 g/mol. The zero-order chi connectivity index (χ0) is 17.6. The molecule has 3 rings (SSSR count). The summed E-state index contributed by atoms with van der Waals surface area (Å²) in [6.07, 6.45) is 2.46. The first kappa shape index (κ1) is 17.6. The summed E-state index contributed by atoms with van der Waals surface area (Å²) in [4.78, 5) is 26.5. The summed E-state index contributed by atoms with van der Waals surface area (Å²) in [6.45, 7) is 1.96. The number of carbonyl (C=O) groups is 1.